The Morgan fingerprint density at radius 1 is 1.45 bits per heavy atom. The maximum atomic E-state index is 12.5. The van der Waals surface area contributed by atoms with Crippen molar-refractivity contribution in [1.82, 2.24) is 0 Å². The summed E-state index contributed by atoms with van der Waals surface area (Å²) in [6.45, 7) is 6.36. The Bertz CT molecular complexity index is 483. The molecule has 1 saturated carbocycles. The van der Waals surface area contributed by atoms with Gasteiger partial charge in [-0.15, -0.1) is 0 Å². The molecule has 0 amide bonds. The van der Waals surface area contributed by atoms with Gasteiger partial charge in [0, 0.05) is 6.42 Å². The summed E-state index contributed by atoms with van der Waals surface area (Å²) >= 11 is 0. The second kappa shape index (κ2) is 7.16. The topological polar surface area (TPSA) is 68.1 Å². The summed E-state index contributed by atoms with van der Waals surface area (Å²) in [5.74, 6) is -0.0753. The van der Waals surface area contributed by atoms with E-state index in [-0.39, 0.29) is 17.3 Å². The first kappa shape index (κ1) is 16.8. The average Bonchev–Trinajstić information content (AvgIpc) is 2.47. The number of ether oxygens (including phenoxy) is 1. The first-order valence-corrected chi connectivity index (χ1v) is 8.38. The molecule has 0 saturated heterocycles. The Kier molecular flexibility index (Phi) is 5.48. The number of carbonyl (C=O) groups excluding carboxylic acids is 1. The van der Waals surface area contributed by atoms with Crippen molar-refractivity contribution in [3.63, 3.8) is 0 Å². The lowest BCUT2D eigenvalue weighted by Gasteiger charge is -2.44. The van der Waals surface area contributed by atoms with Crippen molar-refractivity contribution in [2.75, 3.05) is 6.61 Å². The molecule has 0 aromatic carbocycles. The second-order valence-electron chi connectivity index (χ2n) is 6.31. The zero-order valence-corrected chi connectivity index (χ0v) is 13.9. The molecule has 5 nitrogen and oxygen atoms in total. The SMILES string of the molecule is CCCC(=NOCC)C1=C(O)CC2(CCCCC2C)OC1=O. The number of hydrogen-bond acceptors (Lipinski definition) is 5. The van der Waals surface area contributed by atoms with E-state index < -0.39 is 11.6 Å². The fourth-order valence-electron chi connectivity index (χ4n) is 3.44. The lowest BCUT2D eigenvalue weighted by atomic mass is 9.72. The van der Waals surface area contributed by atoms with Gasteiger partial charge in [-0.1, -0.05) is 31.8 Å². The van der Waals surface area contributed by atoms with E-state index in [1.807, 2.05) is 13.8 Å². The molecule has 2 rings (SSSR count). The van der Waals surface area contributed by atoms with Gasteiger partial charge in [-0.3, -0.25) is 0 Å². The number of carbonyl (C=O) groups is 1. The highest BCUT2D eigenvalue weighted by atomic mass is 16.6. The molecule has 0 radical (unpaired) electrons. The van der Waals surface area contributed by atoms with Crippen LogP contribution >= 0.6 is 0 Å². The normalized spacial score (nSPS) is 29.7. The Hall–Kier alpha value is -1.52. The number of oxime groups is 1. The van der Waals surface area contributed by atoms with E-state index in [0.717, 1.165) is 32.1 Å². The highest BCUT2D eigenvalue weighted by molar-refractivity contribution is 6.20. The highest BCUT2D eigenvalue weighted by Gasteiger charge is 2.47. The molecule has 0 aromatic rings. The molecule has 1 N–H and O–H groups in total. The molecular formula is C17H27NO4. The quantitative estimate of drug-likeness (QED) is 0.475. The molecule has 0 bridgehead atoms. The van der Waals surface area contributed by atoms with Crippen LogP contribution in [0.3, 0.4) is 0 Å². The summed E-state index contributed by atoms with van der Waals surface area (Å²) in [6, 6.07) is 0. The third kappa shape index (κ3) is 3.28. The Morgan fingerprint density at radius 2 is 2.23 bits per heavy atom. The maximum absolute atomic E-state index is 12.5. The van der Waals surface area contributed by atoms with Gasteiger partial charge in [-0.05, 0) is 38.5 Å². The summed E-state index contributed by atoms with van der Waals surface area (Å²) in [5, 5.41) is 14.5. The largest absolute Gasteiger partial charge is 0.511 e. The van der Waals surface area contributed by atoms with Gasteiger partial charge < -0.3 is 14.7 Å². The smallest absolute Gasteiger partial charge is 0.344 e. The molecular weight excluding hydrogens is 282 g/mol. The van der Waals surface area contributed by atoms with Gasteiger partial charge in [0.25, 0.3) is 0 Å². The van der Waals surface area contributed by atoms with Crippen LogP contribution in [0.25, 0.3) is 0 Å². The van der Waals surface area contributed by atoms with Crippen LogP contribution in [0, 0.1) is 5.92 Å². The van der Waals surface area contributed by atoms with Gasteiger partial charge in [0.15, 0.2) is 0 Å². The minimum Gasteiger partial charge on any atom is -0.511 e. The molecule has 1 aliphatic carbocycles. The van der Waals surface area contributed by atoms with E-state index >= 15 is 0 Å². The molecule has 5 heteroatoms. The zero-order valence-electron chi connectivity index (χ0n) is 13.9. The average molecular weight is 309 g/mol. The number of aliphatic hydroxyl groups excluding tert-OH is 1. The first-order valence-electron chi connectivity index (χ1n) is 8.38. The molecule has 124 valence electrons. The number of aliphatic hydroxyl groups is 1. The molecule has 2 aliphatic rings. The lowest BCUT2D eigenvalue weighted by molar-refractivity contribution is -0.169. The van der Waals surface area contributed by atoms with Gasteiger partial charge >= 0.3 is 5.97 Å². The minimum atomic E-state index is -0.536. The molecule has 1 spiro atoms. The fourth-order valence-corrected chi connectivity index (χ4v) is 3.44. The summed E-state index contributed by atoms with van der Waals surface area (Å²) in [6.07, 6.45) is 5.84. The molecule has 1 fully saturated rings. The predicted molar refractivity (Wildman–Crippen MR) is 84.7 cm³/mol. The predicted octanol–water partition coefficient (Wildman–Crippen LogP) is 3.89. The highest BCUT2D eigenvalue weighted by Crippen LogP contribution is 2.44. The third-order valence-corrected chi connectivity index (χ3v) is 4.72. The van der Waals surface area contributed by atoms with Gasteiger partial charge in [-0.2, -0.15) is 0 Å². The maximum Gasteiger partial charge on any atom is 0.344 e. The van der Waals surface area contributed by atoms with Crippen molar-refractivity contribution >= 4 is 11.7 Å². The number of esters is 1. The van der Waals surface area contributed by atoms with E-state index in [0.29, 0.717) is 25.2 Å². The first-order chi connectivity index (χ1) is 10.5. The monoisotopic (exact) mass is 309 g/mol. The van der Waals surface area contributed by atoms with Crippen molar-refractivity contribution in [1.29, 1.82) is 0 Å². The van der Waals surface area contributed by atoms with Gasteiger partial charge in [0.2, 0.25) is 0 Å². The zero-order chi connectivity index (χ0) is 16.2. The van der Waals surface area contributed by atoms with E-state index in [4.69, 9.17) is 9.57 Å². The fraction of sp³-hybridized carbons (Fsp3) is 0.765. The van der Waals surface area contributed by atoms with Crippen molar-refractivity contribution in [2.24, 2.45) is 11.1 Å². The van der Waals surface area contributed by atoms with Crippen LogP contribution in [0.2, 0.25) is 0 Å². The van der Waals surface area contributed by atoms with Crippen molar-refractivity contribution in [3.05, 3.63) is 11.3 Å². The Morgan fingerprint density at radius 3 is 2.82 bits per heavy atom. The molecule has 2 atom stereocenters. The van der Waals surface area contributed by atoms with Crippen LogP contribution in [0.15, 0.2) is 16.5 Å². The second-order valence-corrected chi connectivity index (χ2v) is 6.31. The number of rotatable bonds is 5. The summed E-state index contributed by atoms with van der Waals surface area (Å²) in [5.41, 5.74) is 0.162. The molecule has 2 unspecified atom stereocenters. The van der Waals surface area contributed by atoms with Crippen LogP contribution in [0.5, 0.6) is 0 Å². The van der Waals surface area contributed by atoms with Crippen LogP contribution in [0.4, 0.5) is 0 Å². The summed E-state index contributed by atoms with van der Waals surface area (Å²) in [7, 11) is 0. The number of nitrogens with zero attached hydrogens (tertiary/aromatic N) is 1. The van der Waals surface area contributed by atoms with Gasteiger partial charge in [-0.25, -0.2) is 4.79 Å². The number of hydrogen-bond donors (Lipinski definition) is 1. The molecule has 0 aromatic heterocycles. The molecule has 1 aliphatic heterocycles. The van der Waals surface area contributed by atoms with Crippen LogP contribution in [-0.2, 0) is 14.4 Å². The van der Waals surface area contributed by atoms with Crippen molar-refractivity contribution < 1.29 is 19.5 Å². The van der Waals surface area contributed by atoms with Crippen molar-refractivity contribution in [2.45, 2.75) is 71.3 Å². The lowest BCUT2D eigenvalue weighted by Crippen LogP contribution is -2.48. The Balaban J connectivity index is 2.30. The summed E-state index contributed by atoms with van der Waals surface area (Å²) < 4.78 is 5.82. The van der Waals surface area contributed by atoms with Crippen molar-refractivity contribution in [3.8, 4) is 0 Å². The molecule has 22 heavy (non-hydrogen) atoms. The molecule has 1 heterocycles. The Labute approximate surface area is 132 Å². The summed E-state index contributed by atoms with van der Waals surface area (Å²) in [4.78, 5) is 17.6. The van der Waals surface area contributed by atoms with Gasteiger partial charge in [0.1, 0.15) is 23.5 Å². The van der Waals surface area contributed by atoms with Crippen LogP contribution < -0.4 is 0 Å². The van der Waals surface area contributed by atoms with E-state index in [9.17, 15) is 9.90 Å². The van der Waals surface area contributed by atoms with Crippen LogP contribution in [-0.4, -0.2) is 29.0 Å². The van der Waals surface area contributed by atoms with Crippen LogP contribution in [0.1, 0.15) is 65.7 Å². The van der Waals surface area contributed by atoms with E-state index in [1.165, 1.54) is 0 Å². The third-order valence-electron chi connectivity index (χ3n) is 4.72. The van der Waals surface area contributed by atoms with E-state index in [2.05, 4.69) is 12.1 Å². The standard InChI is InChI=1S/C17H27NO4/c1-4-8-13(18-21-5-2)15-14(19)11-17(22-16(15)20)10-7-6-9-12(17)3/h12,19H,4-11H2,1-3H3. The van der Waals surface area contributed by atoms with E-state index in [1.54, 1.807) is 0 Å². The van der Waals surface area contributed by atoms with Gasteiger partial charge in [0.05, 0.1) is 5.71 Å². The minimum absolute atomic E-state index is 0.108.